The Balaban J connectivity index is 2.25. The molecule has 0 fully saturated rings. The first-order valence-electron chi connectivity index (χ1n) is 6.76. The van der Waals surface area contributed by atoms with Crippen LogP contribution in [0.2, 0.25) is 0 Å². The number of carbonyl (C=O) groups is 1. The maximum Gasteiger partial charge on any atom is 0.411 e. The zero-order chi connectivity index (χ0) is 18.2. The van der Waals surface area contributed by atoms with Gasteiger partial charge in [-0.3, -0.25) is 4.79 Å². The number of alkyl halides is 3. The predicted molar refractivity (Wildman–Crippen MR) is 83.8 cm³/mol. The molecule has 136 valence electrons. The molecular weight excluding hydrogens is 417 g/mol. The molecule has 0 aliphatic carbocycles. The number of carbonyl (C=O) groups excluding carboxylic acids is 1. The number of nitrogens with one attached hydrogen (secondary N) is 2. The van der Waals surface area contributed by atoms with E-state index in [2.05, 4.69) is 30.7 Å². The third-order valence-electron chi connectivity index (χ3n) is 2.58. The van der Waals surface area contributed by atoms with Gasteiger partial charge in [-0.1, -0.05) is 22.0 Å². The van der Waals surface area contributed by atoms with Crippen LogP contribution < -0.4 is 10.0 Å². The zero-order valence-electron chi connectivity index (χ0n) is 12.4. The van der Waals surface area contributed by atoms with Gasteiger partial charge in [0.2, 0.25) is 15.9 Å². The van der Waals surface area contributed by atoms with E-state index >= 15 is 0 Å². The van der Waals surface area contributed by atoms with Gasteiger partial charge in [0, 0.05) is 24.0 Å². The molecule has 0 spiro atoms. The fourth-order valence-electron chi connectivity index (χ4n) is 1.56. The Hall–Kier alpha value is -1.17. The molecule has 1 amide bonds. The zero-order valence-corrected chi connectivity index (χ0v) is 14.8. The summed E-state index contributed by atoms with van der Waals surface area (Å²) >= 11 is 3.16. The Kier molecular flexibility index (Phi) is 8.13. The van der Waals surface area contributed by atoms with Crippen molar-refractivity contribution in [3.8, 4) is 0 Å². The van der Waals surface area contributed by atoms with Crippen molar-refractivity contribution in [1.29, 1.82) is 0 Å². The molecule has 0 aliphatic rings. The Morgan fingerprint density at radius 1 is 1.25 bits per heavy atom. The molecule has 1 rings (SSSR count). The van der Waals surface area contributed by atoms with Gasteiger partial charge in [-0.15, -0.1) is 0 Å². The van der Waals surface area contributed by atoms with Crippen molar-refractivity contribution in [3.05, 3.63) is 28.7 Å². The molecule has 1 aromatic carbocycles. The number of amides is 1. The molecule has 1 aromatic rings. The highest BCUT2D eigenvalue weighted by atomic mass is 79.9. The van der Waals surface area contributed by atoms with E-state index in [1.54, 1.807) is 12.1 Å². The van der Waals surface area contributed by atoms with Crippen LogP contribution in [0.5, 0.6) is 0 Å². The minimum absolute atomic E-state index is 0.0535. The number of sulfonamides is 1. The highest BCUT2D eigenvalue weighted by Crippen LogP contribution is 2.15. The molecule has 0 bridgehead atoms. The van der Waals surface area contributed by atoms with Crippen LogP contribution in [0.4, 0.5) is 13.2 Å². The standard InChI is InChI=1S/C13H16BrF3N2O4S/c14-10-2-1-3-11(8-10)24(21,22)19-5-4-12(20)18-6-7-23-9-13(15,16)17/h1-3,8,19H,4-7,9H2,(H,18,20). The molecular formula is C13H16BrF3N2O4S. The van der Waals surface area contributed by atoms with E-state index in [1.165, 1.54) is 12.1 Å². The van der Waals surface area contributed by atoms with E-state index in [0.29, 0.717) is 4.47 Å². The fraction of sp³-hybridized carbons (Fsp3) is 0.462. The largest absolute Gasteiger partial charge is 0.411 e. The molecule has 2 N–H and O–H groups in total. The van der Waals surface area contributed by atoms with Crippen molar-refractivity contribution in [1.82, 2.24) is 10.0 Å². The molecule has 0 atom stereocenters. The summed E-state index contributed by atoms with van der Waals surface area (Å²) in [4.78, 5) is 11.5. The quantitative estimate of drug-likeness (QED) is 0.582. The van der Waals surface area contributed by atoms with E-state index in [0.717, 1.165) is 0 Å². The molecule has 0 radical (unpaired) electrons. The summed E-state index contributed by atoms with van der Waals surface area (Å²) in [7, 11) is -3.73. The Morgan fingerprint density at radius 2 is 1.96 bits per heavy atom. The van der Waals surface area contributed by atoms with Gasteiger partial charge in [0.1, 0.15) is 6.61 Å². The summed E-state index contributed by atoms with van der Waals surface area (Å²) in [5.74, 6) is -0.498. The molecule has 6 nitrogen and oxygen atoms in total. The van der Waals surface area contributed by atoms with Gasteiger partial charge in [0.15, 0.2) is 0 Å². The number of ether oxygens (including phenoxy) is 1. The first-order chi connectivity index (χ1) is 11.1. The van der Waals surface area contributed by atoms with E-state index in [9.17, 15) is 26.4 Å². The van der Waals surface area contributed by atoms with Crippen LogP contribution in [0.3, 0.4) is 0 Å². The lowest BCUT2D eigenvalue weighted by Crippen LogP contribution is -2.32. The lowest BCUT2D eigenvalue weighted by Gasteiger charge is -2.09. The second-order valence-corrected chi connectivity index (χ2v) is 7.31. The molecule has 0 saturated heterocycles. The van der Waals surface area contributed by atoms with Crippen LogP contribution in [0.15, 0.2) is 33.6 Å². The second kappa shape index (κ2) is 9.35. The van der Waals surface area contributed by atoms with Gasteiger partial charge in [0.25, 0.3) is 0 Å². The SMILES string of the molecule is O=C(CCNS(=O)(=O)c1cccc(Br)c1)NCCOCC(F)(F)F. The van der Waals surface area contributed by atoms with E-state index < -0.39 is 28.7 Å². The van der Waals surface area contributed by atoms with E-state index in [-0.39, 0.29) is 31.0 Å². The van der Waals surface area contributed by atoms with E-state index in [1.807, 2.05) is 0 Å². The normalized spacial score (nSPS) is 12.2. The summed E-state index contributed by atoms with van der Waals surface area (Å²) in [6, 6.07) is 6.06. The number of halogens is 4. The minimum atomic E-state index is -4.41. The van der Waals surface area contributed by atoms with Crippen LogP contribution in [0.1, 0.15) is 6.42 Å². The van der Waals surface area contributed by atoms with Crippen molar-refractivity contribution >= 4 is 31.9 Å². The molecule has 0 aliphatic heterocycles. The van der Waals surface area contributed by atoms with Crippen LogP contribution in [-0.2, 0) is 19.6 Å². The van der Waals surface area contributed by atoms with Crippen LogP contribution in [-0.4, -0.2) is 46.8 Å². The lowest BCUT2D eigenvalue weighted by molar-refractivity contribution is -0.173. The Labute approximate surface area is 145 Å². The van der Waals surface area contributed by atoms with Crippen LogP contribution >= 0.6 is 15.9 Å². The second-order valence-electron chi connectivity index (χ2n) is 4.62. The van der Waals surface area contributed by atoms with Crippen molar-refractivity contribution in [2.75, 3.05) is 26.3 Å². The third-order valence-corrected chi connectivity index (χ3v) is 4.54. The van der Waals surface area contributed by atoms with Crippen molar-refractivity contribution in [2.24, 2.45) is 0 Å². The lowest BCUT2D eigenvalue weighted by atomic mass is 10.4. The number of hydrogen-bond donors (Lipinski definition) is 2. The summed E-state index contributed by atoms with van der Waals surface area (Å²) < 4.78 is 66.5. The molecule has 11 heteroatoms. The number of rotatable bonds is 9. The predicted octanol–water partition coefficient (Wildman–Crippen LogP) is 1.81. The van der Waals surface area contributed by atoms with Gasteiger partial charge < -0.3 is 10.1 Å². The molecule has 24 heavy (non-hydrogen) atoms. The maximum absolute atomic E-state index is 12.0. The first kappa shape index (κ1) is 20.9. The highest BCUT2D eigenvalue weighted by molar-refractivity contribution is 9.10. The van der Waals surface area contributed by atoms with Crippen LogP contribution in [0, 0.1) is 0 Å². The van der Waals surface area contributed by atoms with Crippen LogP contribution in [0.25, 0.3) is 0 Å². The maximum atomic E-state index is 12.0. The molecule has 0 heterocycles. The average molecular weight is 433 g/mol. The third kappa shape index (κ3) is 8.62. The number of benzene rings is 1. The highest BCUT2D eigenvalue weighted by Gasteiger charge is 2.27. The number of hydrogen-bond acceptors (Lipinski definition) is 4. The Morgan fingerprint density at radius 3 is 2.58 bits per heavy atom. The molecule has 0 unspecified atom stereocenters. The summed E-state index contributed by atoms with van der Waals surface area (Å²) in [6.07, 6.45) is -4.55. The Bertz CT molecular complexity index is 653. The van der Waals surface area contributed by atoms with Crippen molar-refractivity contribution < 1.29 is 31.1 Å². The van der Waals surface area contributed by atoms with Gasteiger partial charge in [-0.05, 0) is 18.2 Å². The molecule has 0 saturated carbocycles. The molecule has 0 aromatic heterocycles. The fourth-order valence-corrected chi connectivity index (χ4v) is 3.18. The van der Waals surface area contributed by atoms with Crippen molar-refractivity contribution in [2.45, 2.75) is 17.5 Å². The van der Waals surface area contributed by atoms with Crippen molar-refractivity contribution in [3.63, 3.8) is 0 Å². The first-order valence-corrected chi connectivity index (χ1v) is 9.04. The van der Waals surface area contributed by atoms with Gasteiger partial charge in [-0.25, -0.2) is 13.1 Å². The summed E-state index contributed by atoms with van der Waals surface area (Å²) in [5, 5.41) is 2.33. The summed E-state index contributed by atoms with van der Waals surface area (Å²) in [6.45, 7) is -1.89. The van der Waals surface area contributed by atoms with Gasteiger partial charge in [0.05, 0.1) is 11.5 Å². The summed E-state index contributed by atoms with van der Waals surface area (Å²) in [5.41, 5.74) is 0. The van der Waals surface area contributed by atoms with E-state index in [4.69, 9.17) is 0 Å². The minimum Gasteiger partial charge on any atom is -0.370 e. The smallest absolute Gasteiger partial charge is 0.370 e. The average Bonchev–Trinajstić information content (AvgIpc) is 2.45. The monoisotopic (exact) mass is 432 g/mol. The van der Waals surface area contributed by atoms with Gasteiger partial charge >= 0.3 is 6.18 Å². The van der Waals surface area contributed by atoms with Gasteiger partial charge in [-0.2, -0.15) is 13.2 Å². The topological polar surface area (TPSA) is 84.5 Å².